The number of hydrogen-bond acceptors (Lipinski definition) is 6. The quantitative estimate of drug-likeness (QED) is 0.859. The first-order valence-electron chi connectivity index (χ1n) is 5.83. The van der Waals surface area contributed by atoms with Gasteiger partial charge in [-0.2, -0.15) is 11.8 Å². The lowest BCUT2D eigenvalue weighted by molar-refractivity contribution is -0.142. The Balaban J connectivity index is 1.91. The zero-order valence-corrected chi connectivity index (χ0v) is 12.1. The standard InChI is InChI=1S/C11H15N3O3S2/c1-7-5-19-11(12-7)13-9(15)4-14-2-3-18-6-8(14)10(16)17/h5,8H,2-4,6H2,1H3,(H,16,17)(H,12,13,15). The first-order chi connectivity index (χ1) is 9.06. The summed E-state index contributed by atoms with van der Waals surface area (Å²) in [5.74, 6) is 0.296. The lowest BCUT2D eigenvalue weighted by Crippen LogP contribution is -2.50. The van der Waals surface area contributed by atoms with Crippen LogP contribution in [0.25, 0.3) is 0 Å². The lowest BCUT2D eigenvalue weighted by Gasteiger charge is -2.31. The van der Waals surface area contributed by atoms with Crippen molar-refractivity contribution in [2.75, 3.05) is 29.9 Å². The summed E-state index contributed by atoms with van der Waals surface area (Å²) in [6.45, 7) is 2.57. The zero-order chi connectivity index (χ0) is 13.8. The van der Waals surface area contributed by atoms with Gasteiger partial charge in [0, 0.05) is 23.4 Å². The number of thiazole rings is 1. The van der Waals surface area contributed by atoms with Crippen molar-refractivity contribution in [2.24, 2.45) is 0 Å². The predicted molar refractivity (Wildman–Crippen MR) is 75.8 cm³/mol. The number of carboxylic acid groups (broad SMARTS) is 1. The summed E-state index contributed by atoms with van der Waals surface area (Å²) < 4.78 is 0. The molecule has 0 bridgehead atoms. The van der Waals surface area contributed by atoms with Crippen molar-refractivity contribution in [3.05, 3.63) is 11.1 Å². The Bertz CT molecular complexity index is 478. The van der Waals surface area contributed by atoms with Gasteiger partial charge in [-0.1, -0.05) is 0 Å². The molecule has 0 radical (unpaired) electrons. The van der Waals surface area contributed by atoms with Gasteiger partial charge < -0.3 is 10.4 Å². The van der Waals surface area contributed by atoms with Crippen molar-refractivity contribution in [1.29, 1.82) is 0 Å². The Labute approximate surface area is 119 Å². The van der Waals surface area contributed by atoms with Gasteiger partial charge in [0.15, 0.2) is 5.13 Å². The van der Waals surface area contributed by atoms with Gasteiger partial charge in [0.25, 0.3) is 0 Å². The highest BCUT2D eigenvalue weighted by molar-refractivity contribution is 7.99. The van der Waals surface area contributed by atoms with Crippen LogP contribution in [0.1, 0.15) is 5.69 Å². The van der Waals surface area contributed by atoms with Gasteiger partial charge in [-0.15, -0.1) is 11.3 Å². The van der Waals surface area contributed by atoms with Gasteiger partial charge in [-0.25, -0.2) is 4.98 Å². The van der Waals surface area contributed by atoms with Crippen LogP contribution in [-0.2, 0) is 9.59 Å². The van der Waals surface area contributed by atoms with E-state index in [4.69, 9.17) is 5.11 Å². The van der Waals surface area contributed by atoms with E-state index in [1.165, 1.54) is 11.3 Å². The van der Waals surface area contributed by atoms with Crippen molar-refractivity contribution in [3.8, 4) is 0 Å². The SMILES string of the molecule is Cc1csc(NC(=O)CN2CCSCC2C(=O)O)n1. The van der Waals surface area contributed by atoms with Crippen LogP contribution in [0.2, 0.25) is 0 Å². The summed E-state index contributed by atoms with van der Waals surface area (Å²) in [6, 6.07) is -0.581. The molecule has 0 aromatic carbocycles. The fourth-order valence-electron chi connectivity index (χ4n) is 1.81. The number of rotatable bonds is 4. The van der Waals surface area contributed by atoms with E-state index < -0.39 is 12.0 Å². The molecule has 1 saturated heterocycles. The highest BCUT2D eigenvalue weighted by atomic mass is 32.2. The maximum absolute atomic E-state index is 11.9. The summed E-state index contributed by atoms with van der Waals surface area (Å²) in [7, 11) is 0. The van der Waals surface area contributed by atoms with Crippen LogP contribution >= 0.6 is 23.1 Å². The zero-order valence-electron chi connectivity index (χ0n) is 10.5. The van der Waals surface area contributed by atoms with Gasteiger partial charge in [0.2, 0.25) is 5.91 Å². The summed E-state index contributed by atoms with van der Waals surface area (Å²) in [4.78, 5) is 28.8. The van der Waals surface area contributed by atoms with Crippen molar-refractivity contribution in [2.45, 2.75) is 13.0 Å². The van der Waals surface area contributed by atoms with Gasteiger partial charge in [-0.05, 0) is 6.92 Å². The van der Waals surface area contributed by atoms with Gasteiger partial charge >= 0.3 is 5.97 Å². The number of carboxylic acids is 1. The molecule has 2 N–H and O–H groups in total. The lowest BCUT2D eigenvalue weighted by atomic mass is 10.2. The Morgan fingerprint density at radius 2 is 2.42 bits per heavy atom. The molecule has 1 amide bonds. The number of anilines is 1. The highest BCUT2D eigenvalue weighted by Crippen LogP contribution is 2.17. The summed E-state index contributed by atoms with van der Waals surface area (Å²) >= 11 is 2.97. The number of aliphatic carboxylic acids is 1. The van der Waals surface area contributed by atoms with Crippen LogP contribution in [0.5, 0.6) is 0 Å². The normalized spacial score (nSPS) is 20.2. The molecule has 1 fully saturated rings. The number of aryl methyl sites for hydroxylation is 1. The minimum Gasteiger partial charge on any atom is -0.480 e. The molecule has 104 valence electrons. The monoisotopic (exact) mass is 301 g/mol. The van der Waals surface area contributed by atoms with E-state index in [1.54, 1.807) is 16.7 Å². The molecule has 1 aliphatic rings. The van der Waals surface area contributed by atoms with E-state index in [2.05, 4.69) is 10.3 Å². The Kier molecular flexibility index (Phi) is 4.78. The molecule has 2 heterocycles. The van der Waals surface area contributed by atoms with Crippen LogP contribution in [-0.4, -0.2) is 57.5 Å². The van der Waals surface area contributed by atoms with E-state index in [9.17, 15) is 9.59 Å². The number of hydrogen-bond donors (Lipinski definition) is 2. The van der Waals surface area contributed by atoms with Crippen molar-refractivity contribution in [3.63, 3.8) is 0 Å². The molecule has 0 aliphatic carbocycles. The van der Waals surface area contributed by atoms with Crippen LogP contribution in [0.3, 0.4) is 0 Å². The molecule has 1 aromatic heterocycles. The number of carbonyl (C=O) groups excluding carboxylic acids is 1. The first kappa shape index (κ1) is 14.3. The van der Waals surface area contributed by atoms with E-state index in [-0.39, 0.29) is 12.5 Å². The Morgan fingerprint density at radius 1 is 1.63 bits per heavy atom. The summed E-state index contributed by atoms with van der Waals surface area (Å²) in [6.07, 6.45) is 0. The second-order valence-corrected chi connectivity index (χ2v) is 6.25. The summed E-state index contributed by atoms with van der Waals surface area (Å²) in [5, 5.41) is 14.2. The predicted octanol–water partition coefficient (Wildman–Crippen LogP) is 0.892. The van der Waals surface area contributed by atoms with Crippen molar-refractivity contribution < 1.29 is 14.7 Å². The van der Waals surface area contributed by atoms with E-state index in [1.807, 2.05) is 12.3 Å². The van der Waals surface area contributed by atoms with Gasteiger partial charge in [0.05, 0.1) is 12.2 Å². The van der Waals surface area contributed by atoms with Crippen LogP contribution in [0, 0.1) is 6.92 Å². The smallest absolute Gasteiger partial charge is 0.321 e. The Hall–Kier alpha value is -1.12. The van der Waals surface area contributed by atoms with Gasteiger partial charge in [0.1, 0.15) is 6.04 Å². The average molecular weight is 301 g/mol. The maximum atomic E-state index is 11.9. The molecular weight excluding hydrogens is 286 g/mol. The number of carbonyl (C=O) groups is 2. The van der Waals surface area contributed by atoms with Crippen molar-refractivity contribution >= 4 is 40.1 Å². The minimum atomic E-state index is -0.870. The third-order valence-corrected chi connectivity index (χ3v) is 4.63. The average Bonchev–Trinajstić information content (AvgIpc) is 2.75. The number of amides is 1. The number of thioether (sulfide) groups is 1. The number of nitrogens with zero attached hydrogens (tertiary/aromatic N) is 2. The van der Waals surface area contributed by atoms with Crippen molar-refractivity contribution in [1.82, 2.24) is 9.88 Å². The minimum absolute atomic E-state index is 0.0934. The third-order valence-electron chi connectivity index (χ3n) is 2.74. The topological polar surface area (TPSA) is 82.5 Å². The van der Waals surface area contributed by atoms with Crippen LogP contribution < -0.4 is 5.32 Å². The summed E-state index contributed by atoms with van der Waals surface area (Å²) in [5.41, 5.74) is 0.859. The van der Waals surface area contributed by atoms with E-state index in [0.29, 0.717) is 17.4 Å². The first-order valence-corrected chi connectivity index (χ1v) is 7.86. The third kappa shape index (κ3) is 3.92. The van der Waals surface area contributed by atoms with Gasteiger partial charge in [-0.3, -0.25) is 14.5 Å². The second-order valence-electron chi connectivity index (χ2n) is 4.24. The fraction of sp³-hybridized carbons (Fsp3) is 0.545. The molecule has 0 spiro atoms. The highest BCUT2D eigenvalue weighted by Gasteiger charge is 2.30. The Morgan fingerprint density at radius 3 is 3.05 bits per heavy atom. The fourth-order valence-corrected chi connectivity index (χ4v) is 3.62. The van der Waals surface area contributed by atoms with Crippen LogP contribution in [0.4, 0.5) is 5.13 Å². The van der Waals surface area contributed by atoms with E-state index >= 15 is 0 Å². The molecule has 6 nitrogen and oxygen atoms in total. The second kappa shape index (κ2) is 6.36. The molecule has 2 rings (SSSR count). The molecule has 8 heteroatoms. The molecule has 1 aliphatic heterocycles. The maximum Gasteiger partial charge on any atom is 0.321 e. The largest absolute Gasteiger partial charge is 0.480 e. The molecule has 1 aromatic rings. The number of aromatic nitrogens is 1. The molecule has 19 heavy (non-hydrogen) atoms. The molecule has 1 atom stereocenters. The van der Waals surface area contributed by atoms with E-state index in [0.717, 1.165) is 11.4 Å². The molecule has 1 unspecified atom stereocenters. The molecule has 0 saturated carbocycles. The molecular formula is C11H15N3O3S2. The number of nitrogens with one attached hydrogen (secondary N) is 1. The van der Waals surface area contributed by atoms with Crippen LogP contribution in [0.15, 0.2) is 5.38 Å².